The van der Waals surface area contributed by atoms with Crippen LogP contribution in [0.3, 0.4) is 0 Å². The Kier molecular flexibility index (Phi) is 4.52. The maximum atomic E-state index is 12.8. The molecule has 1 amide bonds. The van der Waals surface area contributed by atoms with E-state index < -0.39 is 10.0 Å². The van der Waals surface area contributed by atoms with E-state index in [1.807, 2.05) is 17.9 Å². The molecule has 1 aliphatic carbocycles. The van der Waals surface area contributed by atoms with Crippen LogP contribution in [-0.4, -0.2) is 20.9 Å². The van der Waals surface area contributed by atoms with Crippen molar-refractivity contribution >= 4 is 38.6 Å². The molecule has 1 aromatic heterocycles. The van der Waals surface area contributed by atoms with E-state index in [9.17, 15) is 13.2 Å². The first-order valence-electron chi connectivity index (χ1n) is 8.97. The molecular formula is C19H22N2O3S2. The van der Waals surface area contributed by atoms with Crippen LogP contribution >= 0.6 is 11.3 Å². The molecule has 0 radical (unpaired) electrons. The minimum Gasteiger partial charge on any atom is -0.312 e. The first-order valence-corrected chi connectivity index (χ1v) is 11.3. The van der Waals surface area contributed by atoms with Crippen molar-refractivity contribution in [1.82, 2.24) is 0 Å². The van der Waals surface area contributed by atoms with Crippen molar-refractivity contribution in [1.29, 1.82) is 0 Å². The number of aryl methyl sites for hydroxylation is 1. The second kappa shape index (κ2) is 6.70. The van der Waals surface area contributed by atoms with E-state index in [0.717, 1.165) is 48.2 Å². The van der Waals surface area contributed by atoms with E-state index in [4.69, 9.17) is 0 Å². The number of hydrogen-bond acceptors (Lipinski definition) is 4. The molecule has 1 N–H and O–H groups in total. The summed E-state index contributed by atoms with van der Waals surface area (Å²) in [5.74, 6) is 0.311. The molecule has 0 unspecified atom stereocenters. The average Bonchev–Trinajstić information content (AvgIpc) is 3.34. The smallest absolute Gasteiger partial charge is 0.271 e. The van der Waals surface area contributed by atoms with Gasteiger partial charge < -0.3 is 4.90 Å². The molecule has 1 aromatic carbocycles. The fourth-order valence-corrected chi connectivity index (χ4v) is 6.16. The lowest BCUT2D eigenvalue weighted by molar-refractivity contribution is -0.122. The number of nitrogens with zero attached hydrogens (tertiary/aromatic N) is 1. The van der Waals surface area contributed by atoms with Gasteiger partial charge in [0, 0.05) is 23.0 Å². The largest absolute Gasteiger partial charge is 0.312 e. The Labute approximate surface area is 158 Å². The zero-order valence-corrected chi connectivity index (χ0v) is 16.3. The zero-order valence-electron chi connectivity index (χ0n) is 14.7. The van der Waals surface area contributed by atoms with Crippen molar-refractivity contribution in [2.45, 2.75) is 43.2 Å². The molecular weight excluding hydrogens is 368 g/mol. The number of rotatable bonds is 4. The molecule has 0 bridgehead atoms. The molecule has 0 spiro atoms. The number of benzene rings is 1. The number of hydrogen-bond donors (Lipinski definition) is 1. The van der Waals surface area contributed by atoms with E-state index in [0.29, 0.717) is 16.4 Å². The number of amides is 1. The maximum Gasteiger partial charge on any atom is 0.271 e. The van der Waals surface area contributed by atoms with E-state index >= 15 is 0 Å². The Balaban J connectivity index is 1.58. The van der Waals surface area contributed by atoms with Crippen LogP contribution < -0.4 is 9.62 Å². The van der Waals surface area contributed by atoms with Gasteiger partial charge in [-0.1, -0.05) is 18.9 Å². The quantitative estimate of drug-likeness (QED) is 0.860. The summed E-state index contributed by atoms with van der Waals surface area (Å²) in [4.78, 5) is 15.6. The highest BCUT2D eigenvalue weighted by Gasteiger charge is 2.32. The third-order valence-corrected chi connectivity index (χ3v) is 8.06. The highest BCUT2D eigenvalue weighted by atomic mass is 32.2. The lowest BCUT2D eigenvalue weighted by Gasteiger charge is -2.21. The fourth-order valence-electron chi connectivity index (χ4n) is 3.83. The number of carbonyl (C=O) groups is 1. The number of sulfonamides is 1. The van der Waals surface area contributed by atoms with Gasteiger partial charge in [0.05, 0.1) is 5.69 Å². The SMILES string of the molecule is Cc1ccc(S(=O)(=O)Nc2ccc3c(c2)N(C(=O)C2CCCC2)CC3)s1. The van der Waals surface area contributed by atoms with Crippen molar-refractivity contribution in [3.8, 4) is 0 Å². The highest BCUT2D eigenvalue weighted by Crippen LogP contribution is 2.35. The molecule has 2 heterocycles. The number of fused-ring (bicyclic) bond motifs is 1. The van der Waals surface area contributed by atoms with Gasteiger partial charge in [0.25, 0.3) is 10.0 Å². The third kappa shape index (κ3) is 3.25. The predicted octanol–water partition coefficient (Wildman–Crippen LogP) is 3.94. The topological polar surface area (TPSA) is 66.5 Å². The molecule has 1 saturated carbocycles. The molecule has 1 fully saturated rings. The van der Waals surface area contributed by atoms with Crippen LogP contribution in [0.4, 0.5) is 11.4 Å². The zero-order chi connectivity index (χ0) is 18.3. The molecule has 26 heavy (non-hydrogen) atoms. The molecule has 5 nitrogen and oxygen atoms in total. The van der Waals surface area contributed by atoms with Gasteiger partial charge in [0.2, 0.25) is 5.91 Å². The second-order valence-corrected chi connectivity index (χ2v) is 10.2. The van der Waals surface area contributed by atoms with Gasteiger partial charge in [-0.2, -0.15) is 0 Å². The lowest BCUT2D eigenvalue weighted by Crippen LogP contribution is -2.33. The van der Waals surface area contributed by atoms with Crippen molar-refractivity contribution in [3.05, 3.63) is 40.8 Å². The Morgan fingerprint density at radius 3 is 2.65 bits per heavy atom. The summed E-state index contributed by atoms with van der Waals surface area (Å²) < 4.78 is 28.1. The van der Waals surface area contributed by atoms with Gasteiger partial charge in [0.1, 0.15) is 4.21 Å². The first-order chi connectivity index (χ1) is 12.4. The molecule has 2 aliphatic rings. The summed E-state index contributed by atoms with van der Waals surface area (Å²) in [5.41, 5.74) is 2.46. The van der Waals surface area contributed by atoms with Crippen molar-refractivity contribution in [2.24, 2.45) is 5.92 Å². The van der Waals surface area contributed by atoms with E-state index in [1.165, 1.54) is 11.3 Å². The van der Waals surface area contributed by atoms with Gasteiger partial charge >= 0.3 is 0 Å². The second-order valence-electron chi connectivity index (χ2n) is 7.04. The molecule has 7 heteroatoms. The number of carbonyl (C=O) groups excluding carboxylic acids is 1. The van der Waals surface area contributed by atoms with Crippen LogP contribution in [0.5, 0.6) is 0 Å². The first kappa shape index (κ1) is 17.5. The van der Waals surface area contributed by atoms with Crippen molar-refractivity contribution in [3.63, 3.8) is 0 Å². The minimum atomic E-state index is -3.60. The number of nitrogens with one attached hydrogen (secondary N) is 1. The van der Waals surface area contributed by atoms with Crippen LogP contribution in [0.25, 0.3) is 0 Å². The van der Waals surface area contributed by atoms with Gasteiger partial charge in [-0.3, -0.25) is 9.52 Å². The van der Waals surface area contributed by atoms with Gasteiger partial charge in [-0.25, -0.2) is 8.42 Å². The van der Waals surface area contributed by atoms with Crippen LogP contribution in [0.15, 0.2) is 34.5 Å². The standard InChI is InChI=1S/C19H22N2O3S2/c1-13-6-9-18(25-13)26(23,24)20-16-8-7-14-10-11-21(17(14)12-16)19(22)15-4-2-3-5-15/h6-9,12,15,20H,2-5,10-11H2,1H3. The summed E-state index contributed by atoms with van der Waals surface area (Å²) in [6.45, 7) is 2.57. The van der Waals surface area contributed by atoms with Crippen LogP contribution in [0.2, 0.25) is 0 Å². The summed E-state index contributed by atoms with van der Waals surface area (Å²) in [6.07, 6.45) is 5.00. The molecule has 4 rings (SSSR count). The number of thiophene rings is 1. The average molecular weight is 391 g/mol. The summed E-state index contributed by atoms with van der Waals surface area (Å²) in [7, 11) is -3.60. The Bertz CT molecular complexity index is 943. The van der Waals surface area contributed by atoms with Crippen molar-refractivity contribution in [2.75, 3.05) is 16.2 Å². The monoisotopic (exact) mass is 390 g/mol. The molecule has 138 valence electrons. The number of anilines is 2. The summed E-state index contributed by atoms with van der Waals surface area (Å²) in [5, 5.41) is 0. The Hall–Kier alpha value is -1.86. The predicted molar refractivity (Wildman–Crippen MR) is 104 cm³/mol. The van der Waals surface area contributed by atoms with Gasteiger partial charge in [0.15, 0.2) is 0 Å². The van der Waals surface area contributed by atoms with E-state index in [-0.39, 0.29) is 11.8 Å². The molecule has 1 aliphatic heterocycles. The summed E-state index contributed by atoms with van der Waals surface area (Å²) >= 11 is 1.25. The van der Waals surface area contributed by atoms with Gasteiger partial charge in [-0.05, 0) is 56.0 Å². The Morgan fingerprint density at radius 2 is 1.96 bits per heavy atom. The molecule has 0 atom stereocenters. The third-order valence-electron chi connectivity index (χ3n) is 5.18. The summed E-state index contributed by atoms with van der Waals surface area (Å²) in [6, 6.07) is 8.91. The highest BCUT2D eigenvalue weighted by molar-refractivity contribution is 7.94. The van der Waals surface area contributed by atoms with E-state index in [2.05, 4.69) is 4.72 Å². The minimum absolute atomic E-state index is 0.121. The van der Waals surface area contributed by atoms with Crippen LogP contribution in [0.1, 0.15) is 36.1 Å². The van der Waals surface area contributed by atoms with Crippen LogP contribution in [0, 0.1) is 12.8 Å². The van der Waals surface area contributed by atoms with Gasteiger partial charge in [-0.15, -0.1) is 11.3 Å². The normalized spacial score (nSPS) is 17.5. The lowest BCUT2D eigenvalue weighted by atomic mass is 10.1. The van der Waals surface area contributed by atoms with Crippen LogP contribution in [-0.2, 0) is 21.2 Å². The molecule has 2 aromatic rings. The fraction of sp³-hybridized carbons (Fsp3) is 0.421. The molecule has 0 saturated heterocycles. The maximum absolute atomic E-state index is 12.8. The Morgan fingerprint density at radius 1 is 1.19 bits per heavy atom. The van der Waals surface area contributed by atoms with E-state index in [1.54, 1.807) is 24.3 Å². The van der Waals surface area contributed by atoms with Crippen molar-refractivity contribution < 1.29 is 13.2 Å².